The molecule has 12 heteroatoms. The molecule has 4 heterocycles. The molecular weight excluding hydrogens is 532 g/mol. The van der Waals surface area contributed by atoms with Crippen molar-refractivity contribution in [1.29, 1.82) is 0 Å². The Morgan fingerprint density at radius 1 is 0.683 bits per heavy atom. The van der Waals surface area contributed by atoms with Crippen LogP contribution in [0.15, 0.2) is 23.9 Å². The molecule has 3 unspecified atom stereocenters. The molecule has 0 spiro atoms. The molecule has 0 radical (unpaired) electrons. The Morgan fingerprint density at radius 3 is 1.49 bits per heavy atom. The van der Waals surface area contributed by atoms with Crippen molar-refractivity contribution in [3.8, 4) is 0 Å². The highest BCUT2D eigenvalue weighted by Gasteiger charge is 2.40. The molecule has 41 heavy (non-hydrogen) atoms. The molecule has 0 aromatic heterocycles. The molecule has 4 rings (SSSR count). The molecule has 0 saturated carbocycles. The maximum absolute atomic E-state index is 13.0. The van der Waals surface area contributed by atoms with Gasteiger partial charge in [-0.15, -0.1) is 0 Å². The Labute approximate surface area is 241 Å². The fraction of sp³-hybridized carbons (Fsp3) is 0.724. The predicted octanol–water partition coefficient (Wildman–Crippen LogP) is 0.188. The number of piperidine rings is 3. The van der Waals surface area contributed by atoms with E-state index in [1.807, 2.05) is 0 Å². The summed E-state index contributed by atoms with van der Waals surface area (Å²) in [7, 11) is 0. The van der Waals surface area contributed by atoms with Gasteiger partial charge in [-0.3, -0.25) is 14.4 Å². The monoisotopic (exact) mass is 576 g/mol. The van der Waals surface area contributed by atoms with Crippen molar-refractivity contribution in [3.63, 3.8) is 0 Å². The van der Waals surface area contributed by atoms with Gasteiger partial charge in [-0.05, 0) is 76.5 Å². The van der Waals surface area contributed by atoms with Crippen LogP contribution in [0.4, 0.5) is 0 Å². The smallest absolute Gasteiger partial charge is 0.335 e. The van der Waals surface area contributed by atoms with Crippen LogP contribution in [0.25, 0.3) is 0 Å². The minimum absolute atomic E-state index is 0.237. The number of carbonyl (C=O) groups excluding carboxylic acids is 4. The van der Waals surface area contributed by atoms with Crippen molar-refractivity contribution in [3.05, 3.63) is 23.9 Å². The average molecular weight is 577 g/mol. The van der Waals surface area contributed by atoms with E-state index in [1.54, 1.807) is 18.4 Å². The molecule has 0 amide bonds. The topological polar surface area (TPSA) is 153 Å². The fourth-order valence-corrected chi connectivity index (χ4v) is 5.35. The summed E-state index contributed by atoms with van der Waals surface area (Å²) in [6.07, 6.45) is 9.78. The first-order valence-corrected chi connectivity index (χ1v) is 14.8. The summed E-state index contributed by atoms with van der Waals surface area (Å²) in [5.74, 6) is -2.63. The summed E-state index contributed by atoms with van der Waals surface area (Å²) < 4.78 is 23.0. The van der Waals surface area contributed by atoms with Gasteiger partial charge in [0, 0.05) is 26.2 Å². The normalized spacial score (nSPS) is 26.0. The highest BCUT2D eigenvalue weighted by atomic mass is 16.6. The van der Waals surface area contributed by atoms with E-state index in [4.69, 9.17) is 18.9 Å². The van der Waals surface area contributed by atoms with Gasteiger partial charge < -0.3 is 40.2 Å². The molecular formula is C29H44N4O8. The molecule has 0 aromatic rings. The van der Waals surface area contributed by atoms with Gasteiger partial charge in [0.1, 0.15) is 31.8 Å². The zero-order valence-electron chi connectivity index (χ0n) is 23.8. The molecule has 0 aliphatic carbocycles. The molecule has 0 bridgehead atoms. The first-order chi connectivity index (χ1) is 20.0. The number of ether oxygens (including phenoxy) is 4. The van der Waals surface area contributed by atoms with Crippen molar-refractivity contribution < 1.29 is 38.1 Å². The van der Waals surface area contributed by atoms with Crippen LogP contribution in [0.5, 0.6) is 0 Å². The SMILES string of the molecule is O=C(OCC(COC(=O)C1CCCNC1)(COC(=O)C1CCCNC1)COC(=O)C1CCCNC1)C1=CC=CNC1. The lowest BCUT2D eigenvalue weighted by Gasteiger charge is -2.34. The number of hydrogen-bond donors (Lipinski definition) is 4. The summed E-state index contributed by atoms with van der Waals surface area (Å²) in [5.41, 5.74) is -0.858. The Morgan fingerprint density at radius 2 is 1.12 bits per heavy atom. The lowest BCUT2D eigenvalue weighted by molar-refractivity contribution is -0.174. The second kappa shape index (κ2) is 15.9. The van der Waals surface area contributed by atoms with Crippen LogP contribution in [0.1, 0.15) is 38.5 Å². The van der Waals surface area contributed by atoms with Gasteiger partial charge in [-0.2, -0.15) is 0 Å². The number of esters is 4. The van der Waals surface area contributed by atoms with Crippen molar-refractivity contribution in [2.75, 3.05) is 72.2 Å². The number of allylic oxidation sites excluding steroid dienone is 2. The van der Waals surface area contributed by atoms with Crippen molar-refractivity contribution in [2.24, 2.45) is 23.2 Å². The highest BCUT2D eigenvalue weighted by Crippen LogP contribution is 2.26. The lowest BCUT2D eigenvalue weighted by atomic mass is 9.91. The van der Waals surface area contributed by atoms with E-state index in [9.17, 15) is 19.2 Å². The molecule has 0 aromatic carbocycles. The lowest BCUT2D eigenvalue weighted by Crippen LogP contribution is -2.47. The van der Waals surface area contributed by atoms with Gasteiger partial charge in [0.15, 0.2) is 0 Å². The van der Waals surface area contributed by atoms with E-state index in [2.05, 4.69) is 21.3 Å². The molecule has 4 N–H and O–H groups in total. The summed E-state index contributed by atoms with van der Waals surface area (Å²) in [6.45, 7) is 3.42. The van der Waals surface area contributed by atoms with E-state index < -0.39 is 11.4 Å². The summed E-state index contributed by atoms with van der Waals surface area (Å²) in [6, 6.07) is 0. The molecule has 3 saturated heterocycles. The number of nitrogens with one attached hydrogen (secondary N) is 4. The Kier molecular flexibility index (Phi) is 12.0. The number of rotatable bonds is 12. The van der Waals surface area contributed by atoms with Gasteiger partial charge in [0.05, 0.1) is 23.3 Å². The van der Waals surface area contributed by atoms with Crippen LogP contribution >= 0.6 is 0 Å². The zero-order valence-corrected chi connectivity index (χ0v) is 23.8. The third-order valence-electron chi connectivity index (χ3n) is 8.03. The van der Waals surface area contributed by atoms with Gasteiger partial charge in [-0.25, -0.2) is 4.79 Å². The number of hydrogen-bond acceptors (Lipinski definition) is 12. The molecule has 4 aliphatic rings. The first-order valence-electron chi connectivity index (χ1n) is 14.8. The van der Waals surface area contributed by atoms with E-state index in [0.29, 0.717) is 51.0 Å². The van der Waals surface area contributed by atoms with Crippen LogP contribution in [-0.2, 0) is 38.1 Å². The maximum Gasteiger partial charge on any atom is 0.335 e. The molecule has 12 nitrogen and oxygen atoms in total. The molecule has 228 valence electrons. The van der Waals surface area contributed by atoms with E-state index in [-0.39, 0.29) is 62.1 Å². The number of dihydropyridines is 1. The van der Waals surface area contributed by atoms with Crippen LogP contribution < -0.4 is 21.3 Å². The van der Waals surface area contributed by atoms with E-state index in [0.717, 1.165) is 38.9 Å². The van der Waals surface area contributed by atoms with E-state index >= 15 is 0 Å². The Hall–Kier alpha value is -2.96. The molecule has 3 atom stereocenters. The van der Waals surface area contributed by atoms with Crippen LogP contribution in [0.2, 0.25) is 0 Å². The minimum atomic E-state index is -1.28. The van der Waals surface area contributed by atoms with Gasteiger partial charge in [0.2, 0.25) is 0 Å². The zero-order chi connectivity index (χ0) is 28.9. The standard InChI is InChI=1S/C29H44N4O8/c34-25(21-5-1-9-30-13-21)38-17-29(18-39-26(35)22-6-2-10-31-14-22,19-40-27(36)23-7-3-11-32-15-23)20-41-28(37)24-8-4-12-33-16-24/h1,5,9,22-24,30-33H,2-4,6-8,10-20H2. The average Bonchev–Trinajstić information content (AvgIpc) is 3.05. The van der Waals surface area contributed by atoms with Gasteiger partial charge in [0.25, 0.3) is 0 Å². The fourth-order valence-electron chi connectivity index (χ4n) is 5.35. The van der Waals surface area contributed by atoms with Crippen LogP contribution in [0.3, 0.4) is 0 Å². The van der Waals surface area contributed by atoms with Crippen molar-refractivity contribution >= 4 is 23.9 Å². The van der Waals surface area contributed by atoms with E-state index in [1.165, 1.54) is 0 Å². The third-order valence-corrected chi connectivity index (χ3v) is 8.03. The summed E-state index contributed by atoms with van der Waals surface area (Å²) >= 11 is 0. The Bertz CT molecular complexity index is 882. The number of carbonyl (C=O) groups is 4. The van der Waals surface area contributed by atoms with Crippen molar-refractivity contribution in [2.45, 2.75) is 38.5 Å². The van der Waals surface area contributed by atoms with Crippen LogP contribution in [-0.4, -0.2) is 96.1 Å². The third kappa shape index (κ3) is 9.54. The van der Waals surface area contributed by atoms with Crippen molar-refractivity contribution in [1.82, 2.24) is 21.3 Å². The van der Waals surface area contributed by atoms with Gasteiger partial charge in [-0.1, -0.05) is 0 Å². The summed E-state index contributed by atoms with van der Waals surface area (Å²) in [4.78, 5) is 51.8. The van der Waals surface area contributed by atoms with Crippen LogP contribution in [0, 0.1) is 23.2 Å². The minimum Gasteiger partial charge on any atom is -0.464 e. The second-order valence-electron chi connectivity index (χ2n) is 11.5. The Balaban J connectivity index is 1.49. The second-order valence-corrected chi connectivity index (χ2v) is 11.5. The highest BCUT2D eigenvalue weighted by molar-refractivity contribution is 5.89. The quantitative estimate of drug-likeness (QED) is 0.185. The first kappa shape index (κ1) is 31.0. The summed E-state index contributed by atoms with van der Waals surface area (Å²) in [5, 5.41) is 12.6. The molecule has 3 fully saturated rings. The van der Waals surface area contributed by atoms with Gasteiger partial charge >= 0.3 is 23.9 Å². The largest absolute Gasteiger partial charge is 0.464 e. The maximum atomic E-state index is 13.0. The predicted molar refractivity (Wildman–Crippen MR) is 148 cm³/mol. The molecule has 4 aliphatic heterocycles.